The fourth-order valence-electron chi connectivity index (χ4n) is 2.23. The normalized spacial score (nSPS) is 24.5. The quantitative estimate of drug-likeness (QED) is 0.782. The summed E-state index contributed by atoms with van der Waals surface area (Å²) in [4.78, 5) is 8.57. The predicted molar refractivity (Wildman–Crippen MR) is 62.4 cm³/mol. The van der Waals surface area contributed by atoms with Gasteiger partial charge in [-0.25, -0.2) is 9.97 Å². The first kappa shape index (κ1) is 10.5. The maximum atomic E-state index is 9.05. The highest BCUT2D eigenvalue weighted by Crippen LogP contribution is 2.28. The Balaban J connectivity index is 1.99. The molecule has 1 fully saturated rings. The summed E-state index contributed by atoms with van der Waals surface area (Å²) in [6.45, 7) is 0.631. The van der Waals surface area contributed by atoms with Crippen molar-refractivity contribution in [2.45, 2.75) is 18.6 Å². The number of hydrogen-bond acceptors (Lipinski definition) is 5. The van der Waals surface area contributed by atoms with E-state index >= 15 is 0 Å². The first-order chi connectivity index (χ1) is 8.29. The Morgan fingerprint density at radius 3 is 3.18 bits per heavy atom. The number of pyridine rings is 1. The number of rotatable bonds is 2. The highest BCUT2D eigenvalue weighted by Gasteiger charge is 2.27. The van der Waals surface area contributed by atoms with Gasteiger partial charge >= 0.3 is 0 Å². The van der Waals surface area contributed by atoms with Gasteiger partial charge in [-0.2, -0.15) is 0 Å². The summed E-state index contributed by atoms with van der Waals surface area (Å²) in [6.07, 6.45) is 4.11. The summed E-state index contributed by atoms with van der Waals surface area (Å²) >= 11 is 0. The number of anilines is 1. The van der Waals surface area contributed by atoms with Gasteiger partial charge < -0.3 is 20.1 Å². The van der Waals surface area contributed by atoms with Crippen LogP contribution in [0.3, 0.4) is 0 Å². The van der Waals surface area contributed by atoms with Gasteiger partial charge in [0.1, 0.15) is 5.52 Å². The van der Waals surface area contributed by atoms with Crippen LogP contribution in [0.15, 0.2) is 18.6 Å². The Morgan fingerprint density at radius 2 is 2.41 bits per heavy atom. The van der Waals surface area contributed by atoms with E-state index in [1.807, 2.05) is 4.57 Å². The van der Waals surface area contributed by atoms with E-state index in [4.69, 9.17) is 15.6 Å². The minimum atomic E-state index is -0.0847. The standard InChI is InChI=1S/C11H14N4O2/c12-9-1-2-13-11-10(9)14-6-15(11)7-3-8(4-16)17-5-7/h1-2,6-8,16H,3-5H2,(H2,12,13)/t7-,8-/m1/s1. The zero-order chi connectivity index (χ0) is 11.8. The van der Waals surface area contributed by atoms with Gasteiger partial charge in [0.15, 0.2) is 5.65 Å². The molecule has 1 aliphatic heterocycles. The summed E-state index contributed by atoms with van der Waals surface area (Å²) in [5.41, 5.74) is 7.96. The molecule has 6 heteroatoms. The number of ether oxygens (including phenoxy) is 1. The van der Waals surface area contributed by atoms with Crippen molar-refractivity contribution >= 4 is 16.9 Å². The third-order valence-corrected chi connectivity index (χ3v) is 3.15. The number of hydrogen-bond donors (Lipinski definition) is 2. The van der Waals surface area contributed by atoms with Crippen LogP contribution in [0, 0.1) is 0 Å². The molecular formula is C11H14N4O2. The van der Waals surface area contributed by atoms with Gasteiger partial charge in [-0.3, -0.25) is 0 Å². The largest absolute Gasteiger partial charge is 0.397 e. The molecule has 2 aromatic rings. The molecule has 17 heavy (non-hydrogen) atoms. The third-order valence-electron chi connectivity index (χ3n) is 3.15. The number of imidazole rings is 1. The fraction of sp³-hybridized carbons (Fsp3) is 0.455. The molecule has 0 radical (unpaired) electrons. The molecule has 0 aliphatic carbocycles. The van der Waals surface area contributed by atoms with Crippen molar-refractivity contribution in [2.75, 3.05) is 18.9 Å². The monoisotopic (exact) mass is 234 g/mol. The molecule has 2 aromatic heterocycles. The average molecular weight is 234 g/mol. The lowest BCUT2D eigenvalue weighted by molar-refractivity contribution is 0.0576. The first-order valence-corrected chi connectivity index (χ1v) is 5.59. The summed E-state index contributed by atoms with van der Waals surface area (Å²) in [5.74, 6) is 0. The van der Waals surface area contributed by atoms with Crippen LogP contribution < -0.4 is 5.73 Å². The fourth-order valence-corrected chi connectivity index (χ4v) is 2.23. The van der Waals surface area contributed by atoms with Crippen LogP contribution in [0.5, 0.6) is 0 Å². The minimum Gasteiger partial charge on any atom is -0.397 e. The van der Waals surface area contributed by atoms with Crippen LogP contribution in [0.2, 0.25) is 0 Å². The average Bonchev–Trinajstić information content (AvgIpc) is 2.94. The Morgan fingerprint density at radius 1 is 1.53 bits per heavy atom. The Labute approximate surface area is 98.0 Å². The number of aliphatic hydroxyl groups excluding tert-OH is 1. The van der Waals surface area contributed by atoms with Gasteiger partial charge in [0.2, 0.25) is 0 Å². The molecule has 90 valence electrons. The summed E-state index contributed by atoms with van der Waals surface area (Å²) in [5, 5.41) is 9.05. The highest BCUT2D eigenvalue weighted by molar-refractivity contribution is 5.83. The van der Waals surface area contributed by atoms with Crippen LogP contribution in [-0.2, 0) is 4.74 Å². The second-order valence-electron chi connectivity index (χ2n) is 4.25. The van der Waals surface area contributed by atoms with E-state index in [2.05, 4.69) is 9.97 Å². The van der Waals surface area contributed by atoms with E-state index in [-0.39, 0.29) is 18.8 Å². The van der Waals surface area contributed by atoms with Gasteiger partial charge in [-0.05, 0) is 12.5 Å². The Bertz CT molecular complexity index is 539. The zero-order valence-corrected chi connectivity index (χ0v) is 9.28. The Kier molecular flexibility index (Phi) is 2.45. The molecule has 0 unspecified atom stereocenters. The van der Waals surface area contributed by atoms with Gasteiger partial charge in [-0.15, -0.1) is 0 Å². The van der Waals surface area contributed by atoms with E-state index < -0.39 is 0 Å². The van der Waals surface area contributed by atoms with Crippen molar-refractivity contribution in [2.24, 2.45) is 0 Å². The molecule has 0 amide bonds. The van der Waals surface area contributed by atoms with E-state index in [0.717, 1.165) is 17.6 Å². The SMILES string of the molecule is Nc1ccnc2c1ncn2[C@H]1CO[C@@H](CO)C1. The maximum Gasteiger partial charge on any atom is 0.162 e. The Hall–Kier alpha value is -1.66. The second kappa shape index (κ2) is 3.97. The molecule has 0 bridgehead atoms. The van der Waals surface area contributed by atoms with Crippen LogP contribution >= 0.6 is 0 Å². The van der Waals surface area contributed by atoms with Crippen molar-refractivity contribution in [1.82, 2.24) is 14.5 Å². The van der Waals surface area contributed by atoms with E-state index in [1.54, 1.807) is 18.6 Å². The number of aromatic nitrogens is 3. The van der Waals surface area contributed by atoms with E-state index in [0.29, 0.717) is 12.3 Å². The van der Waals surface area contributed by atoms with Gasteiger partial charge in [-0.1, -0.05) is 0 Å². The number of nitrogen functional groups attached to an aromatic ring is 1. The minimum absolute atomic E-state index is 0.0543. The van der Waals surface area contributed by atoms with Crippen molar-refractivity contribution in [3.63, 3.8) is 0 Å². The lowest BCUT2D eigenvalue weighted by atomic mass is 10.2. The number of nitrogens with zero attached hydrogens (tertiary/aromatic N) is 3. The van der Waals surface area contributed by atoms with Crippen LogP contribution in [0.4, 0.5) is 5.69 Å². The summed E-state index contributed by atoms with van der Waals surface area (Å²) in [7, 11) is 0. The maximum absolute atomic E-state index is 9.05. The van der Waals surface area contributed by atoms with Crippen molar-refractivity contribution in [3.8, 4) is 0 Å². The molecule has 0 spiro atoms. The lowest BCUT2D eigenvalue weighted by Gasteiger charge is -2.10. The summed E-state index contributed by atoms with van der Waals surface area (Å²) in [6, 6.07) is 1.91. The molecule has 3 rings (SSSR count). The van der Waals surface area contributed by atoms with E-state index in [1.165, 1.54) is 0 Å². The predicted octanol–water partition coefficient (Wildman–Crippen LogP) is 0.336. The smallest absolute Gasteiger partial charge is 0.162 e. The van der Waals surface area contributed by atoms with Crippen molar-refractivity contribution < 1.29 is 9.84 Å². The zero-order valence-electron chi connectivity index (χ0n) is 9.28. The van der Waals surface area contributed by atoms with E-state index in [9.17, 15) is 0 Å². The topological polar surface area (TPSA) is 86.2 Å². The molecule has 6 nitrogen and oxygen atoms in total. The molecule has 1 saturated heterocycles. The molecule has 2 atom stereocenters. The van der Waals surface area contributed by atoms with Crippen LogP contribution in [-0.4, -0.2) is 39.0 Å². The highest BCUT2D eigenvalue weighted by atomic mass is 16.5. The molecule has 3 heterocycles. The molecule has 0 aromatic carbocycles. The van der Waals surface area contributed by atoms with Crippen molar-refractivity contribution in [3.05, 3.63) is 18.6 Å². The van der Waals surface area contributed by atoms with Gasteiger partial charge in [0, 0.05) is 6.20 Å². The number of nitrogens with two attached hydrogens (primary N) is 1. The van der Waals surface area contributed by atoms with Gasteiger partial charge in [0.25, 0.3) is 0 Å². The van der Waals surface area contributed by atoms with Crippen LogP contribution in [0.1, 0.15) is 12.5 Å². The molecule has 1 aliphatic rings. The number of aliphatic hydroxyl groups is 1. The summed E-state index contributed by atoms with van der Waals surface area (Å²) < 4.78 is 7.43. The second-order valence-corrected chi connectivity index (χ2v) is 4.25. The number of fused-ring (bicyclic) bond motifs is 1. The molecule has 0 saturated carbocycles. The van der Waals surface area contributed by atoms with Crippen molar-refractivity contribution in [1.29, 1.82) is 0 Å². The third kappa shape index (κ3) is 1.65. The first-order valence-electron chi connectivity index (χ1n) is 5.59. The molecule has 3 N–H and O–H groups in total. The molecular weight excluding hydrogens is 220 g/mol. The van der Waals surface area contributed by atoms with Crippen LogP contribution in [0.25, 0.3) is 11.2 Å². The lowest BCUT2D eigenvalue weighted by Crippen LogP contribution is -2.11. The van der Waals surface area contributed by atoms with Gasteiger partial charge in [0.05, 0.1) is 37.4 Å².